The van der Waals surface area contributed by atoms with Crippen LogP contribution in [0, 0.1) is 5.41 Å². The Morgan fingerprint density at radius 3 is 2.29 bits per heavy atom. The highest BCUT2D eigenvalue weighted by Gasteiger charge is 2.24. The predicted octanol–water partition coefficient (Wildman–Crippen LogP) is 0.683. The first-order valence-electron chi connectivity index (χ1n) is 6.45. The topological polar surface area (TPSA) is 108 Å². The van der Waals surface area contributed by atoms with Gasteiger partial charge in [0.05, 0.1) is 4.90 Å². The molecule has 0 aliphatic rings. The summed E-state index contributed by atoms with van der Waals surface area (Å²) in [6.45, 7) is 4.65. The van der Waals surface area contributed by atoms with Gasteiger partial charge in [0, 0.05) is 24.9 Å². The molecular formula is C13H20N4O3S. The highest BCUT2D eigenvalue weighted by molar-refractivity contribution is 7.90. The Labute approximate surface area is 124 Å². The van der Waals surface area contributed by atoms with Gasteiger partial charge < -0.3 is 5.73 Å². The van der Waals surface area contributed by atoms with Gasteiger partial charge >= 0.3 is 0 Å². The minimum absolute atomic E-state index is 0.0522. The number of nitrogens with zero attached hydrogens (tertiary/aromatic N) is 2. The molecule has 0 radical (unpaired) electrons. The molecule has 3 N–H and O–H groups in total. The van der Waals surface area contributed by atoms with E-state index in [-0.39, 0.29) is 10.5 Å². The quantitative estimate of drug-likeness (QED) is 0.472. The number of guanidine groups is 1. The van der Waals surface area contributed by atoms with Gasteiger partial charge in [-0.1, -0.05) is 19.9 Å². The molecule has 0 aromatic heterocycles. The van der Waals surface area contributed by atoms with Gasteiger partial charge in [0.2, 0.25) is 5.96 Å². The number of hydrazine groups is 1. The van der Waals surface area contributed by atoms with E-state index < -0.39 is 21.7 Å². The number of hydrogen-bond donors (Lipinski definition) is 2. The molecule has 1 aromatic carbocycles. The lowest BCUT2D eigenvalue weighted by Crippen LogP contribution is -2.52. The van der Waals surface area contributed by atoms with Crippen LogP contribution < -0.4 is 5.73 Å². The van der Waals surface area contributed by atoms with Gasteiger partial charge in [-0.05, 0) is 18.2 Å². The summed E-state index contributed by atoms with van der Waals surface area (Å²) < 4.78 is 23.1. The van der Waals surface area contributed by atoms with Gasteiger partial charge in [-0.3, -0.25) is 10.2 Å². The van der Waals surface area contributed by atoms with Crippen LogP contribution in [0.25, 0.3) is 0 Å². The summed E-state index contributed by atoms with van der Waals surface area (Å²) in [5, 5.41) is 10.2. The Hall–Kier alpha value is -1.93. The standard InChI is InChI=1S/C13H20N4O3S/c1-4-16(5-2)17(13(14)15)12(18)10-7-6-8-11(9-10)21(3,19)20/h6-9H,4-5H2,1-3H3,(H3,14,15). The average molecular weight is 312 g/mol. The maximum absolute atomic E-state index is 12.5. The summed E-state index contributed by atoms with van der Waals surface area (Å²) in [6, 6.07) is 5.69. The molecule has 1 rings (SSSR count). The number of hydrogen-bond acceptors (Lipinski definition) is 5. The highest BCUT2D eigenvalue weighted by atomic mass is 32.2. The third-order valence-electron chi connectivity index (χ3n) is 2.94. The molecule has 21 heavy (non-hydrogen) atoms. The van der Waals surface area contributed by atoms with Crippen LogP contribution in [-0.2, 0) is 9.84 Å². The van der Waals surface area contributed by atoms with Crippen molar-refractivity contribution in [2.75, 3.05) is 19.3 Å². The van der Waals surface area contributed by atoms with E-state index in [9.17, 15) is 13.2 Å². The van der Waals surface area contributed by atoms with E-state index >= 15 is 0 Å². The fourth-order valence-electron chi connectivity index (χ4n) is 1.88. The Balaban J connectivity index is 3.25. The van der Waals surface area contributed by atoms with Crippen molar-refractivity contribution in [3.8, 4) is 0 Å². The van der Waals surface area contributed by atoms with Crippen LogP contribution in [0.5, 0.6) is 0 Å². The van der Waals surface area contributed by atoms with Crippen molar-refractivity contribution in [1.82, 2.24) is 10.0 Å². The third kappa shape index (κ3) is 4.02. The van der Waals surface area contributed by atoms with E-state index in [1.807, 2.05) is 13.8 Å². The Morgan fingerprint density at radius 2 is 1.86 bits per heavy atom. The summed E-state index contributed by atoms with van der Waals surface area (Å²) in [5.74, 6) is -0.940. The molecule has 1 aromatic rings. The van der Waals surface area contributed by atoms with E-state index in [4.69, 9.17) is 11.1 Å². The largest absolute Gasteiger partial charge is 0.369 e. The Bertz CT molecular complexity index is 639. The van der Waals surface area contributed by atoms with E-state index in [1.165, 1.54) is 24.3 Å². The molecule has 0 saturated heterocycles. The molecule has 116 valence electrons. The zero-order valence-electron chi connectivity index (χ0n) is 12.3. The first-order valence-corrected chi connectivity index (χ1v) is 8.35. The molecule has 1 amide bonds. The summed E-state index contributed by atoms with van der Waals surface area (Å²) in [5.41, 5.74) is 5.65. The molecule has 0 atom stereocenters. The molecule has 8 heteroatoms. The van der Waals surface area contributed by atoms with Gasteiger partial charge in [0.15, 0.2) is 9.84 Å². The molecule has 0 heterocycles. The van der Waals surface area contributed by atoms with Crippen LogP contribution in [-0.4, -0.2) is 49.6 Å². The Kier molecular flexibility index (Phi) is 5.45. The Morgan fingerprint density at radius 1 is 1.29 bits per heavy atom. The monoisotopic (exact) mass is 312 g/mol. The van der Waals surface area contributed by atoms with Crippen molar-refractivity contribution >= 4 is 21.7 Å². The van der Waals surface area contributed by atoms with Crippen LogP contribution in [0.3, 0.4) is 0 Å². The fraction of sp³-hybridized carbons (Fsp3) is 0.385. The van der Waals surface area contributed by atoms with E-state index in [1.54, 1.807) is 5.01 Å². The highest BCUT2D eigenvalue weighted by Crippen LogP contribution is 2.14. The lowest BCUT2D eigenvalue weighted by Gasteiger charge is -2.31. The van der Waals surface area contributed by atoms with Gasteiger partial charge in [0.25, 0.3) is 5.91 Å². The molecule has 7 nitrogen and oxygen atoms in total. The van der Waals surface area contributed by atoms with Crippen LogP contribution in [0.2, 0.25) is 0 Å². The average Bonchev–Trinajstić information content (AvgIpc) is 2.42. The first kappa shape index (κ1) is 17.1. The summed E-state index contributed by atoms with van der Waals surface area (Å²) in [4.78, 5) is 12.5. The molecule has 0 aliphatic heterocycles. The number of carbonyl (C=O) groups is 1. The van der Waals surface area contributed by atoms with Crippen molar-refractivity contribution in [2.24, 2.45) is 5.73 Å². The third-order valence-corrected chi connectivity index (χ3v) is 4.05. The molecule has 0 spiro atoms. The molecule has 0 unspecified atom stereocenters. The smallest absolute Gasteiger partial charge is 0.275 e. The lowest BCUT2D eigenvalue weighted by molar-refractivity contribution is 0.0348. The number of amides is 1. The second-order valence-electron chi connectivity index (χ2n) is 4.44. The van der Waals surface area contributed by atoms with Crippen LogP contribution in [0.1, 0.15) is 24.2 Å². The fourth-order valence-corrected chi connectivity index (χ4v) is 2.55. The molecule has 0 aliphatic carbocycles. The summed E-state index contributed by atoms with van der Waals surface area (Å²) >= 11 is 0. The molecule has 0 saturated carbocycles. The minimum Gasteiger partial charge on any atom is -0.369 e. The maximum Gasteiger partial charge on any atom is 0.275 e. The zero-order chi connectivity index (χ0) is 16.2. The van der Waals surface area contributed by atoms with Crippen molar-refractivity contribution in [3.63, 3.8) is 0 Å². The summed E-state index contributed by atoms with van der Waals surface area (Å²) in [7, 11) is -3.41. The van der Waals surface area contributed by atoms with Crippen molar-refractivity contribution in [3.05, 3.63) is 29.8 Å². The van der Waals surface area contributed by atoms with Crippen LogP contribution >= 0.6 is 0 Å². The second-order valence-corrected chi connectivity index (χ2v) is 6.46. The molecule has 0 bridgehead atoms. The number of nitrogens with one attached hydrogen (secondary N) is 1. The molecule has 0 fully saturated rings. The van der Waals surface area contributed by atoms with Crippen molar-refractivity contribution in [1.29, 1.82) is 5.41 Å². The lowest BCUT2D eigenvalue weighted by atomic mass is 10.2. The van der Waals surface area contributed by atoms with Crippen molar-refractivity contribution in [2.45, 2.75) is 18.7 Å². The number of nitrogens with two attached hydrogens (primary N) is 1. The normalized spacial score (nSPS) is 11.4. The van der Waals surface area contributed by atoms with Crippen LogP contribution in [0.15, 0.2) is 29.2 Å². The van der Waals surface area contributed by atoms with E-state index in [0.29, 0.717) is 13.1 Å². The van der Waals surface area contributed by atoms with E-state index in [0.717, 1.165) is 11.3 Å². The number of sulfone groups is 1. The zero-order valence-corrected chi connectivity index (χ0v) is 13.1. The predicted molar refractivity (Wildman–Crippen MR) is 80.6 cm³/mol. The van der Waals surface area contributed by atoms with Gasteiger partial charge in [-0.25, -0.2) is 18.4 Å². The number of benzene rings is 1. The summed E-state index contributed by atoms with van der Waals surface area (Å²) in [6.07, 6.45) is 1.07. The second kappa shape index (κ2) is 6.68. The van der Waals surface area contributed by atoms with Crippen LogP contribution in [0.4, 0.5) is 0 Å². The molecular weight excluding hydrogens is 292 g/mol. The van der Waals surface area contributed by atoms with Crippen molar-refractivity contribution < 1.29 is 13.2 Å². The van der Waals surface area contributed by atoms with E-state index in [2.05, 4.69) is 0 Å². The van der Waals surface area contributed by atoms with Gasteiger partial charge in [-0.2, -0.15) is 0 Å². The number of carbonyl (C=O) groups excluding carboxylic acids is 1. The van der Waals surface area contributed by atoms with Gasteiger partial charge in [0.1, 0.15) is 0 Å². The maximum atomic E-state index is 12.5. The SMILES string of the molecule is CCN(CC)N(C(=N)N)C(=O)c1cccc(S(C)(=O)=O)c1. The first-order chi connectivity index (χ1) is 9.72. The van der Waals surface area contributed by atoms with Gasteiger partial charge in [-0.15, -0.1) is 0 Å². The number of rotatable bonds is 5. The minimum atomic E-state index is -3.41.